The number of hydrogen-bond donors (Lipinski definition) is 2. The number of carboxylic acid groups (broad SMARTS) is 1. The number of ether oxygens (including phenoxy) is 1. The Hall–Kier alpha value is -3.01. The van der Waals surface area contributed by atoms with Crippen LogP contribution in [0.5, 0.6) is 11.5 Å². The molecule has 0 radical (unpaired) electrons. The van der Waals surface area contributed by atoms with Gasteiger partial charge in [0.25, 0.3) is 0 Å². The SMILES string of the molecule is CCCCOc1c(-c2cc(/C=C/C(C)=C/C(=O)O)ccc2O)cc(C(C)(C)C)cc1C(C)(C)C. The highest BCUT2D eigenvalue weighted by molar-refractivity contribution is 5.82. The van der Waals surface area contributed by atoms with Gasteiger partial charge < -0.3 is 14.9 Å². The molecule has 0 aromatic heterocycles. The average Bonchev–Trinajstić information content (AvgIpc) is 2.71. The molecule has 0 saturated heterocycles. The number of hydrogen-bond acceptors (Lipinski definition) is 3. The van der Waals surface area contributed by atoms with Crippen LogP contribution in [0.4, 0.5) is 0 Å². The molecule has 0 atom stereocenters. The van der Waals surface area contributed by atoms with E-state index in [0.29, 0.717) is 17.7 Å². The second kappa shape index (κ2) is 10.9. The first kappa shape index (κ1) is 27.2. The molecule has 0 fully saturated rings. The average molecular weight is 465 g/mol. The zero-order valence-corrected chi connectivity index (χ0v) is 22.0. The van der Waals surface area contributed by atoms with Crippen LogP contribution in [-0.2, 0) is 15.6 Å². The van der Waals surface area contributed by atoms with Crippen molar-refractivity contribution in [3.05, 3.63) is 64.7 Å². The summed E-state index contributed by atoms with van der Waals surface area (Å²) in [4.78, 5) is 10.9. The van der Waals surface area contributed by atoms with E-state index >= 15 is 0 Å². The largest absolute Gasteiger partial charge is 0.507 e. The van der Waals surface area contributed by atoms with E-state index in [2.05, 4.69) is 60.6 Å². The molecule has 2 N–H and O–H groups in total. The van der Waals surface area contributed by atoms with Gasteiger partial charge in [0.05, 0.1) is 6.61 Å². The number of aromatic hydroxyl groups is 1. The first-order valence-electron chi connectivity index (χ1n) is 12.0. The predicted molar refractivity (Wildman–Crippen MR) is 142 cm³/mol. The van der Waals surface area contributed by atoms with Crippen molar-refractivity contribution >= 4 is 12.0 Å². The maximum absolute atomic E-state index is 10.9. The zero-order valence-electron chi connectivity index (χ0n) is 22.0. The van der Waals surface area contributed by atoms with Gasteiger partial charge in [0.1, 0.15) is 11.5 Å². The predicted octanol–water partition coefficient (Wildman–Crippen LogP) is 7.88. The van der Waals surface area contributed by atoms with Crippen LogP contribution in [0.25, 0.3) is 17.2 Å². The minimum absolute atomic E-state index is 0.0808. The van der Waals surface area contributed by atoms with Gasteiger partial charge in [0.2, 0.25) is 0 Å². The van der Waals surface area contributed by atoms with Crippen LogP contribution >= 0.6 is 0 Å². The van der Waals surface area contributed by atoms with E-state index in [-0.39, 0.29) is 16.6 Å². The van der Waals surface area contributed by atoms with Gasteiger partial charge in [-0.25, -0.2) is 4.79 Å². The summed E-state index contributed by atoms with van der Waals surface area (Å²) in [5.74, 6) is 0.0182. The highest BCUT2D eigenvalue weighted by Gasteiger charge is 2.27. The van der Waals surface area contributed by atoms with Crippen LogP contribution in [0.3, 0.4) is 0 Å². The Kier molecular flexibility index (Phi) is 8.77. The van der Waals surface area contributed by atoms with Gasteiger partial charge in [-0.15, -0.1) is 0 Å². The smallest absolute Gasteiger partial charge is 0.328 e. The van der Waals surface area contributed by atoms with Gasteiger partial charge in [-0.3, -0.25) is 0 Å². The topological polar surface area (TPSA) is 66.8 Å². The summed E-state index contributed by atoms with van der Waals surface area (Å²) in [5.41, 5.74) is 5.14. The first-order chi connectivity index (χ1) is 15.7. The van der Waals surface area contributed by atoms with E-state index < -0.39 is 5.97 Å². The molecule has 0 aliphatic rings. The normalized spacial score (nSPS) is 12.9. The van der Waals surface area contributed by atoms with Crippen LogP contribution in [-0.4, -0.2) is 22.8 Å². The molecule has 0 aliphatic carbocycles. The van der Waals surface area contributed by atoms with Gasteiger partial charge in [-0.2, -0.15) is 0 Å². The van der Waals surface area contributed by atoms with Crippen molar-refractivity contribution in [2.45, 2.75) is 79.1 Å². The monoisotopic (exact) mass is 464 g/mol. The molecule has 0 aliphatic heterocycles. The van der Waals surface area contributed by atoms with E-state index in [0.717, 1.165) is 35.3 Å². The molecule has 0 heterocycles. The van der Waals surface area contributed by atoms with Crippen LogP contribution in [0.1, 0.15) is 84.9 Å². The summed E-state index contributed by atoms with van der Waals surface area (Å²) < 4.78 is 6.39. The van der Waals surface area contributed by atoms with Crippen LogP contribution in [0.15, 0.2) is 48.1 Å². The number of phenols is 1. The molecule has 0 bridgehead atoms. The molecular weight excluding hydrogens is 424 g/mol. The van der Waals surface area contributed by atoms with Gasteiger partial charge >= 0.3 is 5.97 Å². The summed E-state index contributed by atoms with van der Waals surface area (Å²) in [6, 6.07) is 9.81. The lowest BCUT2D eigenvalue weighted by Crippen LogP contribution is -2.19. The van der Waals surface area contributed by atoms with E-state index in [1.807, 2.05) is 18.2 Å². The standard InChI is InChI=1S/C30H40O4/c1-9-10-15-34-28-24(18-22(29(3,4)5)19-25(28)30(6,7)8)23-17-21(13-14-26(23)31)12-11-20(2)16-27(32)33/h11-14,16-19,31H,9-10,15H2,1-8H3,(H,32,33)/b12-11+,20-16+. The maximum Gasteiger partial charge on any atom is 0.328 e. The molecule has 184 valence electrons. The summed E-state index contributed by atoms with van der Waals surface area (Å²) in [7, 11) is 0. The number of carboxylic acids is 1. The van der Waals surface area contributed by atoms with Crippen LogP contribution in [0, 0.1) is 0 Å². The van der Waals surface area contributed by atoms with Gasteiger partial charge in [-0.05, 0) is 59.1 Å². The Labute approximate surface area is 205 Å². The number of unbranched alkanes of at least 4 members (excludes halogenated alkanes) is 1. The second-order valence-corrected chi connectivity index (χ2v) is 10.9. The molecule has 2 aromatic rings. The molecule has 2 aromatic carbocycles. The van der Waals surface area contributed by atoms with Gasteiger partial charge in [0, 0.05) is 22.8 Å². The minimum Gasteiger partial charge on any atom is -0.507 e. The van der Waals surface area contributed by atoms with Crippen LogP contribution in [0.2, 0.25) is 0 Å². The number of aliphatic carboxylic acids is 1. The first-order valence-corrected chi connectivity index (χ1v) is 12.0. The summed E-state index contributed by atoms with van der Waals surface area (Å²) >= 11 is 0. The Balaban J connectivity index is 2.77. The van der Waals surface area contributed by atoms with E-state index in [1.54, 1.807) is 19.1 Å². The number of carbonyl (C=O) groups is 1. The molecule has 0 spiro atoms. The molecular formula is C30H40O4. The summed E-state index contributed by atoms with van der Waals surface area (Å²) in [6.07, 6.45) is 6.77. The van der Waals surface area contributed by atoms with Crippen molar-refractivity contribution in [2.24, 2.45) is 0 Å². The Morgan fingerprint density at radius 1 is 1.00 bits per heavy atom. The second-order valence-electron chi connectivity index (χ2n) is 10.9. The van der Waals surface area contributed by atoms with Crippen LogP contribution < -0.4 is 4.74 Å². The third-order valence-corrected chi connectivity index (χ3v) is 5.71. The molecule has 0 saturated carbocycles. The number of rotatable bonds is 8. The van der Waals surface area contributed by atoms with Crippen molar-refractivity contribution in [3.8, 4) is 22.6 Å². The van der Waals surface area contributed by atoms with E-state index in [4.69, 9.17) is 9.84 Å². The minimum atomic E-state index is -0.976. The Morgan fingerprint density at radius 2 is 1.68 bits per heavy atom. The van der Waals surface area contributed by atoms with E-state index in [9.17, 15) is 9.90 Å². The molecule has 34 heavy (non-hydrogen) atoms. The van der Waals surface area contributed by atoms with Gasteiger partial charge in [0.15, 0.2) is 0 Å². The number of allylic oxidation sites excluding steroid dienone is 2. The quantitative estimate of drug-likeness (QED) is 0.237. The summed E-state index contributed by atoms with van der Waals surface area (Å²) in [6.45, 7) is 17.6. The van der Waals surface area contributed by atoms with Crippen molar-refractivity contribution < 1.29 is 19.7 Å². The van der Waals surface area contributed by atoms with E-state index in [1.165, 1.54) is 11.6 Å². The third-order valence-electron chi connectivity index (χ3n) is 5.71. The lowest BCUT2D eigenvalue weighted by molar-refractivity contribution is -0.131. The van der Waals surface area contributed by atoms with Gasteiger partial charge in [-0.1, -0.05) is 79.2 Å². The Morgan fingerprint density at radius 3 is 2.24 bits per heavy atom. The molecule has 0 unspecified atom stereocenters. The van der Waals surface area contributed by atoms with Crippen molar-refractivity contribution in [2.75, 3.05) is 6.61 Å². The fourth-order valence-electron chi connectivity index (χ4n) is 3.64. The zero-order chi connectivity index (χ0) is 25.7. The fourth-order valence-corrected chi connectivity index (χ4v) is 3.64. The molecule has 0 amide bonds. The lowest BCUT2D eigenvalue weighted by atomic mass is 9.78. The van der Waals surface area contributed by atoms with Crippen molar-refractivity contribution in [1.82, 2.24) is 0 Å². The highest BCUT2D eigenvalue weighted by atomic mass is 16.5. The fraction of sp³-hybridized carbons (Fsp3) is 0.433. The third kappa shape index (κ3) is 7.24. The highest BCUT2D eigenvalue weighted by Crippen LogP contribution is 2.45. The summed E-state index contributed by atoms with van der Waals surface area (Å²) in [5, 5.41) is 19.9. The maximum atomic E-state index is 10.9. The van der Waals surface area contributed by atoms with Crippen molar-refractivity contribution in [1.29, 1.82) is 0 Å². The number of phenolic OH excluding ortho intramolecular Hbond substituents is 1. The van der Waals surface area contributed by atoms with Crippen molar-refractivity contribution in [3.63, 3.8) is 0 Å². The molecule has 4 heteroatoms. The number of benzene rings is 2. The molecule has 4 nitrogen and oxygen atoms in total. The molecule has 2 rings (SSSR count). The lowest BCUT2D eigenvalue weighted by Gasteiger charge is -2.29. The Bertz CT molecular complexity index is 1080.